The molecule has 0 spiro atoms. The van der Waals surface area contributed by atoms with E-state index in [1.165, 1.54) is 18.9 Å². The average molecular weight is 222 g/mol. The second-order valence-corrected chi connectivity index (χ2v) is 5.00. The lowest BCUT2D eigenvalue weighted by Crippen LogP contribution is -2.15. The molecule has 1 aromatic carbocycles. The van der Waals surface area contributed by atoms with Gasteiger partial charge < -0.3 is 4.74 Å². The Balaban J connectivity index is 2.14. The minimum Gasteiger partial charge on any atom is -0.487 e. The lowest BCUT2D eigenvalue weighted by molar-refractivity contribution is 0.189. The Hall–Kier alpha value is -1.05. The molecule has 1 atom stereocenters. The first-order valence-corrected chi connectivity index (χ1v) is 6.04. The summed E-state index contributed by atoms with van der Waals surface area (Å²) in [5.74, 6) is 1.18. The van der Waals surface area contributed by atoms with Crippen LogP contribution in [0.15, 0.2) is 18.2 Å². The fourth-order valence-electron chi connectivity index (χ4n) is 1.83. The zero-order valence-electron chi connectivity index (χ0n) is 10.2. The molecule has 0 aromatic heterocycles. The van der Waals surface area contributed by atoms with Crippen molar-refractivity contribution in [3.05, 3.63) is 29.6 Å². The van der Waals surface area contributed by atoms with Gasteiger partial charge in [-0.2, -0.15) is 0 Å². The maximum absolute atomic E-state index is 13.6. The highest BCUT2D eigenvalue weighted by atomic mass is 19.1. The summed E-state index contributed by atoms with van der Waals surface area (Å²) >= 11 is 0. The topological polar surface area (TPSA) is 9.23 Å². The molecule has 0 aliphatic heterocycles. The summed E-state index contributed by atoms with van der Waals surface area (Å²) in [5, 5.41) is 0. The number of halogens is 1. The van der Waals surface area contributed by atoms with E-state index in [4.69, 9.17) is 4.74 Å². The smallest absolute Gasteiger partial charge is 0.165 e. The predicted molar refractivity (Wildman–Crippen MR) is 63.3 cm³/mol. The van der Waals surface area contributed by atoms with Crippen LogP contribution in [0.25, 0.3) is 0 Å². The van der Waals surface area contributed by atoms with Gasteiger partial charge in [0.05, 0.1) is 6.10 Å². The van der Waals surface area contributed by atoms with Crippen LogP contribution in [-0.4, -0.2) is 6.10 Å². The molecule has 88 valence electrons. The molecular weight excluding hydrogens is 203 g/mol. The minimum absolute atomic E-state index is 0.136. The van der Waals surface area contributed by atoms with E-state index >= 15 is 0 Å². The Kier molecular flexibility index (Phi) is 3.17. The number of hydrogen-bond acceptors (Lipinski definition) is 1. The Morgan fingerprint density at radius 3 is 2.50 bits per heavy atom. The van der Waals surface area contributed by atoms with Gasteiger partial charge in [-0.1, -0.05) is 19.9 Å². The zero-order valence-corrected chi connectivity index (χ0v) is 10.2. The monoisotopic (exact) mass is 222 g/mol. The molecule has 0 amide bonds. The van der Waals surface area contributed by atoms with E-state index in [0.717, 1.165) is 5.56 Å². The SMILES string of the molecule is CC(C)c1ccc(F)c(OC(C)C2CC2)c1. The second-order valence-electron chi connectivity index (χ2n) is 5.00. The van der Waals surface area contributed by atoms with Crippen molar-refractivity contribution in [2.24, 2.45) is 5.92 Å². The van der Waals surface area contributed by atoms with Crippen molar-refractivity contribution in [2.75, 3.05) is 0 Å². The standard InChI is InChI=1S/C14H19FO/c1-9(2)12-6-7-13(15)14(8-12)16-10(3)11-4-5-11/h6-11H,4-5H2,1-3H3. The van der Waals surface area contributed by atoms with Gasteiger partial charge in [0.15, 0.2) is 11.6 Å². The number of ether oxygens (including phenoxy) is 1. The van der Waals surface area contributed by atoms with Crippen LogP contribution in [0, 0.1) is 11.7 Å². The third kappa shape index (κ3) is 2.55. The fraction of sp³-hybridized carbons (Fsp3) is 0.571. The molecule has 1 saturated carbocycles. The van der Waals surface area contributed by atoms with Crippen LogP contribution in [0.5, 0.6) is 5.75 Å². The highest BCUT2D eigenvalue weighted by Crippen LogP contribution is 2.35. The van der Waals surface area contributed by atoms with Crippen molar-refractivity contribution in [2.45, 2.75) is 45.6 Å². The van der Waals surface area contributed by atoms with Crippen LogP contribution in [0.1, 0.15) is 45.1 Å². The molecule has 1 unspecified atom stereocenters. The third-order valence-corrected chi connectivity index (χ3v) is 3.22. The molecule has 1 fully saturated rings. The Morgan fingerprint density at radius 2 is 1.94 bits per heavy atom. The van der Waals surface area contributed by atoms with Gasteiger partial charge in [0.2, 0.25) is 0 Å². The molecule has 0 saturated heterocycles. The van der Waals surface area contributed by atoms with E-state index in [1.807, 2.05) is 19.1 Å². The molecule has 16 heavy (non-hydrogen) atoms. The molecule has 1 nitrogen and oxygen atoms in total. The quantitative estimate of drug-likeness (QED) is 0.744. The maximum Gasteiger partial charge on any atom is 0.165 e. The maximum atomic E-state index is 13.6. The summed E-state index contributed by atoms with van der Waals surface area (Å²) in [6.45, 7) is 6.22. The van der Waals surface area contributed by atoms with Gasteiger partial charge in [0.25, 0.3) is 0 Å². The van der Waals surface area contributed by atoms with Crippen LogP contribution < -0.4 is 4.74 Å². The van der Waals surface area contributed by atoms with Gasteiger partial charge in [-0.05, 0) is 49.3 Å². The normalized spacial score (nSPS) is 17.6. The van der Waals surface area contributed by atoms with E-state index in [0.29, 0.717) is 17.6 Å². The van der Waals surface area contributed by atoms with E-state index < -0.39 is 0 Å². The van der Waals surface area contributed by atoms with Crippen molar-refractivity contribution >= 4 is 0 Å². The van der Waals surface area contributed by atoms with Gasteiger partial charge in [0.1, 0.15) is 0 Å². The zero-order chi connectivity index (χ0) is 11.7. The summed E-state index contributed by atoms with van der Waals surface area (Å²) in [6.07, 6.45) is 2.57. The van der Waals surface area contributed by atoms with E-state index in [1.54, 1.807) is 0 Å². The summed E-state index contributed by atoms with van der Waals surface area (Å²) in [4.78, 5) is 0. The molecule has 0 N–H and O–H groups in total. The van der Waals surface area contributed by atoms with Crippen molar-refractivity contribution in [3.8, 4) is 5.75 Å². The highest BCUT2D eigenvalue weighted by Gasteiger charge is 2.30. The van der Waals surface area contributed by atoms with Gasteiger partial charge in [-0.15, -0.1) is 0 Å². The Morgan fingerprint density at radius 1 is 1.25 bits per heavy atom. The summed E-state index contributed by atoms with van der Waals surface area (Å²) in [7, 11) is 0. The van der Waals surface area contributed by atoms with E-state index in [-0.39, 0.29) is 11.9 Å². The van der Waals surface area contributed by atoms with Crippen LogP contribution in [0.3, 0.4) is 0 Å². The molecule has 2 rings (SSSR count). The second kappa shape index (κ2) is 4.44. The molecule has 0 heterocycles. The highest BCUT2D eigenvalue weighted by molar-refractivity contribution is 5.32. The molecule has 0 bridgehead atoms. The molecule has 1 aliphatic rings. The molecule has 1 aliphatic carbocycles. The largest absolute Gasteiger partial charge is 0.487 e. The lowest BCUT2D eigenvalue weighted by atomic mass is 10.0. The van der Waals surface area contributed by atoms with E-state index in [9.17, 15) is 4.39 Å². The predicted octanol–water partition coefficient (Wildman–Crippen LogP) is 4.13. The summed E-state index contributed by atoms with van der Waals surface area (Å²) in [6, 6.07) is 5.16. The van der Waals surface area contributed by atoms with Crippen molar-refractivity contribution < 1.29 is 9.13 Å². The van der Waals surface area contributed by atoms with Gasteiger partial charge in [0, 0.05) is 0 Å². The molecule has 1 aromatic rings. The average Bonchev–Trinajstić information content (AvgIpc) is 3.04. The molecular formula is C14H19FO. The van der Waals surface area contributed by atoms with Crippen LogP contribution in [0.2, 0.25) is 0 Å². The van der Waals surface area contributed by atoms with Crippen LogP contribution >= 0.6 is 0 Å². The third-order valence-electron chi connectivity index (χ3n) is 3.22. The summed E-state index contributed by atoms with van der Waals surface area (Å²) < 4.78 is 19.2. The first-order chi connectivity index (χ1) is 7.58. The van der Waals surface area contributed by atoms with Gasteiger partial charge in [-0.3, -0.25) is 0 Å². The minimum atomic E-state index is -0.253. The van der Waals surface area contributed by atoms with Crippen LogP contribution in [-0.2, 0) is 0 Å². The Labute approximate surface area is 96.6 Å². The van der Waals surface area contributed by atoms with Crippen molar-refractivity contribution in [1.82, 2.24) is 0 Å². The van der Waals surface area contributed by atoms with Crippen LogP contribution in [0.4, 0.5) is 4.39 Å². The number of benzene rings is 1. The van der Waals surface area contributed by atoms with Crippen molar-refractivity contribution in [1.29, 1.82) is 0 Å². The number of rotatable bonds is 4. The van der Waals surface area contributed by atoms with E-state index in [2.05, 4.69) is 13.8 Å². The first-order valence-electron chi connectivity index (χ1n) is 6.04. The lowest BCUT2D eigenvalue weighted by Gasteiger charge is -2.16. The number of hydrogen-bond donors (Lipinski definition) is 0. The van der Waals surface area contributed by atoms with Gasteiger partial charge in [-0.25, -0.2) is 4.39 Å². The first kappa shape index (κ1) is 11.4. The Bertz CT molecular complexity index is 369. The molecule has 0 radical (unpaired) electrons. The molecule has 2 heteroatoms. The van der Waals surface area contributed by atoms with Gasteiger partial charge >= 0.3 is 0 Å². The fourth-order valence-corrected chi connectivity index (χ4v) is 1.83. The summed E-state index contributed by atoms with van der Waals surface area (Å²) in [5.41, 5.74) is 1.12. The van der Waals surface area contributed by atoms with Crippen molar-refractivity contribution in [3.63, 3.8) is 0 Å².